The molecule has 5 heteroatoms. The zero-order valence-corrected chi connectivity index (χ0v) is 14.0. The number of hydrogen-bond donors (Lipinski definition) is 2. The lowest BCUT2D eigenvalue weighted by Gasteiger charge is -2.28. The van der Waals surface area contributed by atoms with E-state index in [2.05, 4.69) is 22.3 Å². The fourth-order valence-corrected chi connectivity index (χ4v) is 2.72. The number of benzene rings is 2. The van der Waals surface area contributed by atoms with Gasteiger partial charge in [0.1, 0.15) is 0 Å². The van der Waals surface area contributed by atoms with Crippen LogP contribution in [-0.4, -0.2) is 37.3 Å². The van der Waals surface area contributed by atoms with Crippen LogP contribution < -0.4 is 10.2 Å². The summed E-state index contributed by atoms with van der Waals surface area (Å²) in [6.45, 7) is 3.29. The summed E-state index contributed by atoms with van der Waals surface area (Å²) in [6.07, 6.45) is 3.30. The van der Waals surface area contributed by atoms with Crippen molar-refractivity contribution in [3.8, 4) is 0 Å². The number of aliphatic hydroxyl groups is 1. The van der Waals surface area contributed by atoms with E-state index in [4.69, 9.17) is 9.84 Å². The van der Waals surface area contributed by atoms with Gasteiger partial charge in [0.25, 0.3) is 0 Å². The highest BCUT2D eigenvalue weighted by atomic mass is 16.5. The fraction of sp³-hybridized carbons (Fsp3) is 0.250. The van der Waals surface area contributed by atoms with Crippen LogP contribution in [0.4, 0.5) is 11.4 Å². The van der Waals surface area contributed by atoms with Crippen molar-refractivity contribution >= 4 is 23.4 Å². The van der Waals surface area contributed by atoms with Crippen molar-refractivity contribution in [1.29, 1.82) is 0 Å². The highest BCUT2D eigenvalue weighted by Crippen LogP contribution is 2.17. The first-order chi connectivity index (χ1) is 12.2. The second-order valence-electron chi connectivity index (χ2n) is 5.87. The molecule has 25 heavy (non-hydrogen) atoms. The number of carbonyl (C=O) groups excluding carboxylic acids is 1. The molecule has 130 valence electrons. The number of amides is 1. The van der Waals surface area contributed by atoms with Crippen LogP contribution in [0.5, 0.6) is 0 Å². The van der Waals surface area contributed by atoms with Gasteiger partial charge in [-0.3, -0.25) is 4.79 Å². The van der Waals surface area contributed by atoms with Gasteiger partial charge in [0.2, 0.25) is 5.91 Å². The summed E-state index contributed by atoms with van der Waals surface area (Å²) < 4.78 is 5.36. The molecule has 5 nitrogen and oxygen atoms in total. The van der Waals surface area contributed by atoms with Crippen molar-refractivity contribution in [2.75, 3.05) is 36.5 Å². The second kappa shape index (κ2) is 8.46. The normalized spacial score (nSPS) is 14.7. The van der Waals surface area contributed by atoms with Gasteiger partial charge in [-0.05, 0) is 41.5 Å². The average Bonchev–Trinajstić information content (AvgIpc) is 2.67. The van der Waals surface area contributed by atoms with E-state index >= 15 is 0 Å². The van der Waals surface area contributed by atoms with Crippen molar-refractivity contribution in [3.63, 3.8) is 0 Å². The van der Waals surface area contributed by atoms with Gasteiger partial charge in [-0.15, -0.1) is 0 Å². The highest BCUT2D eigenvalue weighted by molar-refractivity contribution is 6.01. The number of nitrogens with one attached hydrogen (secondary N) is 1. The predicted molar refractivity (Wildman–Crippen MR) is 99.5 cm³/mol. The van der Waals surface area contributed by atoms with E-state index in [9.17, 15) is 4.79 Å². The van der Waals surface area contributed by atoms with Gasteiger partial charge >= 0.3 is 0 Å². The molecule has 0 saturated carbocycles. The van der Waals surface area contributed by atoms with Crippen LogP contribution in [-0.2, 0) is 16.1 Å². The third-order valence-electron chi connectivity index (χ3n) is 4.07. The maximum Gasteiger partial charge on any atom is 0.248 e. The lowest BCUT2D eigenvalue weighted by Crippen LogP contribution is -2.36. The Bertz CT molecular complexity index is 735. The molecule has 1 aliphatic rings. The minimum Gasteiger partial charge on any atom is -0.392 e. The van der Waals surface area contributed by atoms with Gasteiger partial charge in [-0.2, -0.15) is 0 Å². The Labute approximate surface area is 147 Å². The molecule has 1 aliphatic heterocycles. The minimum atomic E-state index is -0.202. The molecular weight excluding hydrogens is 316 g/mol. The molecule has 2 aromatic rings. The molecule has 0 bridgehead atoms. The molecular formula is C20H22N2O3. The number of hydrogen-bond acceptors (Lipinski definition) is 4. The van der Waals surface area contributed by atoms with E-state index in [0.717, 1.165) is 37.4 Å². The molecule has 0 aliphatic carbocycles. The zero-order valence-electron chi connectivity index (χ0n) is 14.0. The SMILES string of the molecule is O=C(/C=C/c1ccc(N2CCOCC2)cc1)Nc1cccc(CO)c1. The molecule has 3 rings (SSSR count). The molecule has 0 spiro atoms. The summed E-state index contributed by atoms with van der Waals surface area (Å²) in [6, 6.07) is 15.3. The number of morpholine rings is 1. The first-order valence-corrected chi connectivity index (χ1v) is 8.36. The van der Waals surface area contributed by atoms with Gasteiger partial charge in [0.15, 0.2) is 0 Å². The molecule has 1 heterocycles. The van der Waals surface area contributed by atoms with Crippen LogP contribution in [0.1, 0.15) is 11.1 Å². The Morgan fingerprint density at radius 2 is 1.92 bits per heavy atom. The molecule has 0 unspecified atom stereocenters. The molecule has 1 fully saturated rings. The monoisotopic (exact) mass is 338 g/mol. The average molecular weight is 338 g/mol. The number of anilines is 2. The third kappa shape index (κ3) is 4.92. The number of ether oxygens (including phenoxy) is 1. The van der Waals surface area contributed by atoms with E-state index in [0.29, 0.717) is 5.69 Å². The Morgan fingerprint density at radius 1 is 1.16 bits per heavy atom. The Morgan fingerprint density at radius 3 is 2.64 bits per heavy atom. The molecule has 0 aromatic heterocycles. The first-order valence-electron chi connectivity index (χ1n) is 8.36. The highest BCUT2D eigenvalue weighted by Gasteiger charge is 2.10. The summed E-state index contributed by atoms with van der Waals surface area (Å²) in [7, 11) is 0. The van der Waals surface area contributed by atoms with Crippen LogP contribution >= 0.6 is 0 Å². The van der Waals surface area contributed by atoms with Crippen LogP contribution in [0, 0.1) is 0 Å². The summed E-state index contributed by atoms with van der Waals surface area (Å²) in [5, 5.41) is 11.9. The van der Waals surface area contributed by atoms with Crippen molar-refractivity contribution in [3.05, 3.63) is 65.7 Å². The lowest BCUT2D eigenvalue weighted by atomic mass is 10.1. The van der Waals surface area contributed by atoms with Gasteiger partial charge in [0, 0.05) is 30.5 Å². The maximum atomic E-state index is 12.0. The molecule has 2 N–H and O–H groups in total. The number of carbonyl (C=O) groups is 1. The summed E-state index contributed by atoms with van der Waals surface area (Å²) in [4.78, 5) is 14.3. The first kappa shape index (κ1) is 17.2. The van der Waals surface area contributed by atoms with E-state index < -0.39 is 0 Å². The van der Waals surface area contributed by atoms with Crippen LogP contribution in [0.2, 0.25) is 0 Å². The van der Waals surface area contributed by atoms with E-state index in [1.165, 1.54) is 11.8 Å². The third-order valence-corrected chi connectivity index (χ3v) is 4.07. The largest absolute Gasteiger partial charge is 0.392 e. The van der Waals surface area contributed by atoms with E-state index in [1.807, 2.05) is 18.2 Å². The molecule has 1 amide bonds. The van der Waals surface area contributed by atoms with Gasteiger partial charge in [-0.25, -0.2) is 0 Å². The minimum absolute atomic E-state index is 0.0466. The van der Waals surface area contributed by atoms with Crippen molar-refractivity contribution in [2.24, 2.45) is 0 Å². The number of nitrogens with zero attached hydrogens (tertiary/aromatic N) is 1. The fourth-order valence-electron chi connectivity index (χ4n) is 2.72. The van der Waals surface area contributed by atoms with E-state index in [-0.39, 0.29) is 12.5 Å². The maximum absolute atomic E-state index is 12.0. The molecule has 2 aromatic carbocycles. The van der Waals surface area contributed by atoms with Crippen molar-refractivity contribution < 1.29 is 14.6 Å². The van der Waals surface area contributed by atoms with Crippen LogP contribution in [0.25, 0.3) is 6.08 Å². The number of rotatable bonds is 5. The standard InChI is InChI=1S/C20H22N2O3/c23-15-17-2-1-3-18(14-17)21-20(24)9-6-16-4-7-19(8-5-16)22-10-12-25-13-11-22/h1-9,14,23H,10-13,15H2,(H,21,24)/b9-6+. The van der Waals surface area contributed by atoms with Crippen molar-refractivity contribution in [1.82, 2.24) is 0 Å². The zero-order chi connectivity index (χ0) is 17.5. The predicted octanol–water partition coefficient (Wildman–Crippen LogP) is 2.67. The summed E-state index contributed by atoms with van der Waals surface area (Å²) >= 11 is 0. The molecule has 1 saturated heterocycles. The quantitative estimate of drug-likeness (QED) is 0.823. The smallest absolute Gasteiger partial charge is 0.248 e. The van der Waals surface area contributed by atoms with Gasteiger partial charge in [0.05, 0.1) is 19.8 Å². The van der Waals surface area contributed by atoms with Gasteiger partial charge < -0.3 is 20.1 Å². The van der Waals surface area contributed by atoms with Crippen LogP contribution in [0.15, 0.2) is 54.6 Å². The Kier molecular flexibility index (Phi) is 5.82. The summed E-state index contributed by atoms with van der Waals surface area (Å²) in [5.41, 5.74) is 3.58. The Hall–Kier alpha value is -2.63. The topological polar surface area (TPSA) is 61.8 Å². The van der Waals surface area contributed by atoms with Gasteiger partial charge in [-0.1, -0.05) is 24.3 Å². The number of aliphatic hydroxyl groups excluding tert-OH is 1. The summed E-state index contributed by atoms with van der Waals surface area (Å²) in [5.74, 6) is -0.202. The molecule has 0 radical (unpaired) electrons. The Balaban J connectivity index is 1.58. The van der Waals surface area contributed by atoms with E-state index in [1.54, 1.807) is 24.3 Å². The second-order valence-corrected chi connectivity index (χ2v) is 5.87. The molecule has 0 atom stereocenters. The lowest BCUT2D eigenvalue weighted by molar-refractivity contribution is -0.111. The van der Waals surface area contributed by atoms with Crippen molar-refractivity contribution in [2.45, 2.75) is 6.61 Å². The van der Waals surface area contributed by atoms with Crippen LogP contribution in [0.3, 0.4) is 0 Å².